The highest BCUT2D eigenvalue weighted by atomic mass is 16.2. The Hall–Kier alpha value is -3.29. The van der Waals surface area contributed by atoms with Gasteiger partial charge in [-0.2, -0.15) is 9.90 Å². The van der Waals surface area contributed by atoms with E-state index in [2.05, 4.69) is 25.5 Å². The maximum absolute atomic E-state index is 12.5. The van der Waals surface area contributed by atoms with E-state index in [-0.39, 0.29) is 11.6 Å². The van der Waals surface area contributed by atoms with Crippen molar-refractivity contribution in [3.63, 3.8) is 0 Å². The first-order valence-electron chi connectivity index (χ1n) is 7.77. The molecule has 0 saturated carbocycles. The first kappa shape index (κ1) is 16.6. The molecular formula is C17H19N7O. The standard InChI is InChI=1S/C17H19N7O/c1-11-15(12(2)20-17(19-11)23(3)4)21-16(25)14-10-18-24(22-14)13-8-6-5-7-9-13/h5-10H,1-4H3,(H,21,25). The SMILES string of the molecule is Cc1nc(N(C)C)nc(C)c1NC(=O)c1cnn(-c2ccccc2)n1. The summed E-state index contributed by atoms with van der Waals surface area (Å²) >= 11 is 0. The number of amides is 1. The summed E-state index contributed by atoms with van der Waals surface area (Å²) in [5, 5.41) is 11.2. The lowest BCUT2D eigenvalue weighted by Crippen LogP contribution is -2.19. The molecule has 0 fully saturated rings. The number of hydrogen-bond acceptors (Lipinski definition) is 6. The van der Waals surface area contributed by atoms with Gasteiger partial charge in [-0.25, -0.2) is 9.97 Å². The lowest BCUT2D eigenvalue weighted by Gasteiger charge is -2.15. The van der Waals surface area contributed by atoms with Crippen LogP contribution < -0.4 is 10.2 Å². The number of nitrogens with one attached hydrogen (secondary N) is 1. The van der Waals surface area contributed by atoms with Crippen molar-refractivity contribution in [1.82, 2.24) is 25.0 Å². The number of para-hydroxylation sites is 1. The van der Waals surface area contributed by atoms with Crippen LogP contribution in [-0.2, 0) is 0 Å². The van der Waals surface area contributed by atoms with Crippen LogP contribution in [0, 0.1) is 13.8 Å². The molecule has 0 radical (unpaired) electrons. The molecule has 25 heavy (non-hydrogen) atoms. The molecule has 0 aliphatic rings. The van der Waals surface area contributed by atoms with Gasteiger partial charge in [-0.3, -0.25) is 4.79 Å². The van der Waals surface area contributed by atoms with Crippen LogP contribution in [0.5, 0.6) is 0 Å². The van der Waals surface area contributed by atoms with E-state index in [1.165, 1.54) is 11.0 Å². The van der Waals surface area contributed by atoms with Gasteiger partial charge in [0.15, 0.2) is 5.69 Å². The summed E-state index contributed by atoms with van der Waals surface area (Å²) in [5.41, 5.74) is 2.98. The summed E-state index contributed by atoms with van der Waals surface area (Å²) in [4.78, 5) is 24.5. The normalized spacial score (nSPS) is 10.6. The molecule has 0 atom stereocenters. The number of hydrogen-bond donors (Lipinski definition) is 1. The van der Waals surface area contributed by atoms with Crippen LogP contribution in [0.25, 0.3) is 5.69 Å². The molecule has 0 unspecified atom stereocenters. The summed E-state index contributed by atoms with van der Waals surface area (Å²) in [6.07, 6.45) is 1.43. The molecule has 1 N–H and O–H groups in total. The van der Waals surface area contributed by atoms with Gasteiger partial charge in [-0.1, -0.05) is 18.2 Å². The van der Waals surface area contributed by atoms with E-state index in [4.69, 9.17) is 0 Å². The van der Waals surface area contributed by atoms with Crippen molar-refractivity contribution in [3.8, 4) is 5.69 Å². The Morgan fingerprint density at radius 2 is 1.72 bits per heavy atom. The second-order valence-corrected chi connectivity index (χ2v) is 5.77. The monoisotopic (exact) mass is 337 g/mol. The number of nitrogens with zero attached hydrogens (tertiary/aromatic N) is 6. The van der Waals surface area contributed by atoms with Crippen molar-refractivity contribution in [2.45, 2.75) is 13.8 Å². The van der Waals surface area contributed by atoms with Crippen molar-refractivity contribution in [2.24, 2.45) is 0 Å². The van der Waals surface area contributed by atoms with Crippen LogP contribution in [0.15, 0.2) is 36.5 Å². The highest BCUT2D eigenvalue weighted by Crippen LogP contribution is 2.20. The molecule has 128 valence electrons. The van der Waals surface area contributed by atoms with Crippen molar-refractivity contribution in [2.75, 3.05) is 24.3 Å². The zero-order valence-electron chi connectivity index (χ0n) is 14.6. The third kappa shape index (κ3) is 3.47. The minimum Gasteiger partial charge on any atom is -0.347 e. The molecule has 1 amide bonds. The largest absolute Gasteiger partial charge is 0.347 e. The minimum atomic E-state index is -0.352. The number of rotatable bonds is 4. The van der Waals surface area contributed by atoms with E-state index in [0.29, 0.717) is 23.0 Å². The number of carbonyl (C=O) groups excluding carboxylic acids is 1. The van der Waals surface area contributed by atoms with Crippen LogP contribution in [0.4, 0.5) is 11.6 Å². The number of carbonyl (C=O) groups is 1. The summed E-state index contributed by atoms with van der Waals surface area (Å²) in [5.74, 6) is 0.248. The molecule has 0 spiro atoms. The molecule has 3 aromatic rings. The fraction of sp³-hybridized carbons (Fsp3) is 0.235. The fourth-order valence-corrected chi connectivity index (χ4v) is 2.31. The average Bonchev–Trinajstić information content (AvgIpc) is 3.08. The molecule has 8 heteroatoms. The number of aromatic nitrogens is 5. The van der Waals surface area contributed by atoms with Crippen molar-refractivity contribution < 1.29 is 4.79 Å². The van der Waals surface area contributed by atoms with Gasteiger partial charge in [0.25, 0.3) is 5.91 Å². The van der Waals surface area contributed by atoms with Gasteiger partial charge in [-0.05, 0) is 26.0 Å². The molecule has 0 bridgehead atoms. The van der Waals surface area contributed by atoms with Gasteiger partial charge < -0.3 is 10.2 Å². The van der Waals surface area contributed by atoms with E-state index < -0.39 is 0 Å². The Bertz CT molecular complexity index is 879. The van der Waals surface area contributed by atoms with Crippen LogP contribution >= 0.6 is 0 Å². The van der Waals surface area contributed by atoms with Crippen molar-refractivity contribution in [1.29, 1.82) is 0 Å². The summed E-state index contributed by atoms with van der Waals surface area (Å²) in [6, 6.07) is 9.40. The quantitative estimate of drug-likeness (QED) is 0.783. The average molecular weight is 337 g/mol. The molecule has 2 aromatic heterocycles. The highest BCUT2D eigenvalue weighted by molar-refractivity contribution is 6.03. The number of aryl methyl sites for hydroxylation is 2. The summed E-state index contributed by atoms with van der Waals surface area (Å²) < 4.78 is 0. The molecule has 0 aliphatic heterocycles. The topological polar surface area (TPSA) is 88.8 Å². The minimum absolute atomic E-state index is 0.222. The molecule has 2 heterocycles. The third-order valence-electron chi connectivity index (χ3n) is 3.61. The Balaban J connectivity index is 1.83. The molecular weight excluding hydrogens is 318 g/mol. The van der Waals surface area contributed by atoms with Gasteiger partial charge >= 0.3 is 0 Å². The van der Waals surface area contributed by atoms with Crippen LogP contribution in [0.1, 0.15) is 21.9 Å². The smallest absolute Gasteiger partial charge is 0.277 e. The lowest BCUT2D eigenvalue weighted by atomic mass is 10.2. The maximum atomic E-state index is 12.5. The van der Waals surface area contributed by atoms with Gasteiger partial charge in [0.05, 0.1) is 29.0 Å². The Kier molecular flexibility index (Phi) is 4.42. The highest BCUT2D eigenvalue weighted by Gasteiger charge is 2.16. The van der Waals surface area contributed by atoms with Gasteiger partial charge in [-0.15, -0.1) is 5.10 Å². The second kappa shape index (κ2) is 6.68. The van der Waals surface area contributed by atoms with Gasteiger partial charge in [0.2, 0.25) is 5.95 Å². The maximum Gasteiger partial charge on any atom is 0.277 e. The molecule has 0 aliphatic carbocycles. The van der Waals surface area contributed by atoms with Crippen LogP contribution in [0.3, 0.4) is 0 Å². The Labute approximate surface area is 145 Å². The molecule has 0 saturated heterocycles. The fourth-order valence-electron chi connectivity index (χ4n) is 2.31. The Morgan fingerprint density at radius 3 is 2.32 bits per heavy atom. The zero-order chi connectivity index (χ0) is 18.0. The lowest BCUT2D eigenvalue weighted by molar-refractivity contribution is 0.102. The first-order chi connectivity index (χ1) is 12.0. The predicted octanol–water partition coefficient (Wildman–Crippen LogP) is 1.99. The first-order valence-corrected chi connectivity index (χ1v) is 7.77. The summed E-state index contributed by atoms with van der Waals surface area (Å²) in [7, 11) is 3.74. The third-order valence-corrected chi connectivity index (χ3v) is 3.61. The van der Waals surface area contributed by atoms with Gasteiger partial charge in [0.1, 0.15) is 0 Å². The molecule has 3 rings (SSSR count). The van der Waals surface area contributed by atoms with E-state index in [0.717, 1.165) is 5.69 Å². The zero-order valence-corrected chi connectivity index (χ0v) is 14.6. The summed E-state index contributed by atoms with van der Waals surface area (Å²) in [6.45, 7) is 3.66. The molecule has 8 nitrogen and oxygen atoms in total. The van der Waals surface area contributed by atoms with Crippen LogP contribution in [0.2, 0.25) is 0 Å². The van der Waals surface area contributed by atoms with E-state index in [1.807, 2.05) is 63.2 Å². The Morgan fingerprint density at radius 1 is 1.08 bits per heavy atom. The van der Waals surface area contributed by atoms with Crippen molar-refractivity contribution >= 4 is 17.5 Å². The van der Waals surface area contributed by atoms with Gasteiger partial charge in [0, 0.05) is 14.1 Å². The van der Waals surface area contributed by atoms with E-state index in [9.17, 15) is 4.79 Å². The number of anilines is 2. The van der Waals surface area contributed by atoms with Crippen molar-refractivity contribution in [3.05, 3.63) is 53.6 Å². The predicted molar refractivity (Wildman–Crippen MR) is 95.1 cm³/mol. The van der Waals surface area contributed by atoms with Crippen LogP contribution in [-0.4, -0.2) is 45.0 Å². The molecule has 1 aromatic carbocycles. The second-order valence-electron chi connectivity index (χ2n) is 5.77. The number of benzene rings is 1. The van der Waals surface area contributed by atoms with E-state index >= 15 is 0 Å². The van der Waals surface area contributed by atoms with E-state index in [1.54, 1.807) is 0 Å².